The molecule has 5 nitrogen and oxygen atoms in total. The van der Waals surface area contributed by atoms with E-state index in [9.17, 15) is 0 Å². The average Bonchev–Trinajstić information content (AvgIpc) is 2.25. The summed E-state index contributed by atoms with van der Waals surface area (Å²) in [6.07, 6.45) is 0. The third-order valence-corrected chi connectivity index (χ3v) is 2.05. The molecule has 5 heteroatoms. The Balaban J connectivity index is 2.20. The molecule has 0 aliphatic carbocycles. The zero-order valence-electron chi connectivity index (χ0n) is 8.74. The van der Waals surface area contributed by atoms with Crippen LogP contribution in [-0.2, 0) is 9.47 Å². The lowest BCUT2D eigenvalue weighted by Crippen LogP contribution is -2.44. The number of nitrogens with two attached hydrogens (primary N) is 1. The van der Waals surface area contributed by atoms with Crippen LogP contribution < -0.4 is 5.73 Å². The van der Waals surface area contributed by atoms with Gasteiger partial charge in [0.15, 0.2) is 5.96 Å². The maximum Gasteiger partial charge on any atom is 0.191 e. The summed E-state index contributed by atoms with van der Waals surface area (Å²) in [5.41, 5.74) is 5.80. The van der Waals surface area contributed by atoms with Gasteiger partial charge in [0.2, 0.25) is 0 Å². The molecule has 1 aliphatic heterocycles. The molecular formula is C9H19N3O2. The molecule has 0 bridgehead atoms. The van der Waals surface area contributed by atoms with Gasteiger partial charge in [-0.1, -0.05) is 0 Å². The van der Waals surface area contributed by atoms with Crippen molar-refractivity contribution in [3.63, 3.8) is 0 Å². The molecule has 1 heterocycles. The molecule has 82 valence electrons. The normalized spacial score (nSPS) is 18.6. The molecule has 0 saturated carbocycles. The number of guanidine groups is 1. The smallest absolute Gasteiger partial charge is 0.191 e. The van der Waals surface area contributed by atoms with E-state index in [-0.39, 0.29) is 0 Å². The molecule has 0 radical (unpaired) electrons. The summed E-state index contributed by atoms with van der Waals surface area (Å²) in [5, 5.41) is 0. The highest BCUT2D eigenvalue weighted by Crippen LogP contribution is 1.95. The van der Waals surface area contributed by atoms with Gasteiger partial charge in [-0.15, -0.1) is 0 Å². The van der Waals surface area contributed by atoms with Gasteiger partial charge in [-0.25, -0.2) is 0 Å². The Labute approximate surface area is 84.9 Å². The maximum atomic E-state index is 5.80. The number of ether oxygens (including phenoxy) is 2. The van der Waals surface area contributed by atoms with Crippen LogP contribution >= 0.6 is 0 Å². The molecule has 14 heavy (non-hydrogen) atoms. The molecule has 0 aromatic carbocycles. The lowest BCUT2D eigenvalue weighted by atomic mass is 10.4. The van der Waals surface area contributed by atoms with Crippen LogP contribution in [0.25, 0.3) is 0 Å². The molecule has 0 spiro atoms. The van der Waals surface area contributed by atoms with Crippen molar-refractivity contribution >= 4 is 5.96 Å². The Morgan fingerprint density at radius 2 is 2.21 bits per heavy atom. The van der Waals surface area contributed by atoms with E-state index in [4.69, 9.17) is 15.2 Å². The topological polar surface area (TPSA) is 60.1 Å². The number of hydrogen-bond acceptors (Lipinski definition) is 3. The minimum absolute atomic E-state index is 0.605. The van der Waals surface area contributed by atoms with Crippen molar-refractivity contribution in [2.24, 2.45) is 10.7 Å². The Bertz CT molecular complexity index is 179. The third kappa shape index (κ3) is 3.93. The Hall–Kier alpha value is -0.810. The number of rotatable bonds is 4. The first-order valence-corrected chi connectivity index (χ1v) is 5.05. The van der Waals surface area contributed by atoms with E-state index >= 15 is 0 Å². The van der Waals surface area contributed by atoms with Crippen molar-refractivity contribution in [1.29, 1.82) is 0 Å². The van der Waals surface area contributed by atoms with E-state index in [1.165, 1.54) is 0 Å². The molecular weight excluding hydrogens is 182 g/mol. The van der Waals surface area contributed by atoms with Crippen molar-refractivity contribution in [2.45, 2.75) is 6.92 Å². The Morgan fingerprint density at radius 3 is 2.86 bits per heavy atom. The average molecular weight is 201 g/mol. The van der Waals surface area contributed by atoms with Crippen molar-refractivity contribution in [3.05, 3.63) is 0 Å². The molecule has 0 atom stereocenters. The first kappa shape index (κ1) is 11.3. The highest BCUT2D eigenvalue weighted by molar-refractivity contribution is 5.78. The minimum Gasteiger partial charge on any atom is -0.380 e. The van der Waals surface area contributed by atoms with Gasteiger partial charge in [0.25, 0.3) is 0 Å². The van der Waals surface area contributed by atoms with Crippen LogP contribution in [0.15, 0.2) is 4.99 Å². The molecule has 0 aromatic heterocycles. The number of aliphatic imine (C=N–C) groups is 1. The van der Waals surface area contributed by atoms with Gasteiger partial charge in [0.1, 0.15) is 0 Å². The van der Waals surface area contributed by atoms with Crippen LogP contribution in [0, 0.1) is 0 Å². The van der Waals surface area contributed by atoms with Gasteiger partial charge in [-0.05, 0) is 6.92 Å². The van der Waals surface area contributed by atoms with Crippen molar-refractivity contribution < 1.29 is 9.47 Å². The molecule has 1 fully saturated rings. The first-order valence-electron chi connectivity index (χ1n) is 5.05. The quantitative estimate of drug-likeness (QED) is 0.384. The molecule has 0 amide bonds. The van der Waals surface area contributed by atoms with Crippen molar-refractivity contribution in [1.82, 2.24) is 4.90 Å². The largest absolute Gasteiger partial charge is 0.380 e. The predicted molar refractivity (Wildman–Crippen MR) is 55.4 cm³/mol. The van der Waals surface area contributed by atoms with Crippen LogP contribution in [0.2, 0.25) is 0 Å². The minimum atomic E-state index is 0.605. The van der Waals surface area contributed by atoms with E-state index in [2.05, 4.69) is 4.99 Å². The predicted octanol–water partition coefficient (Wildman–Crippen LogP) is -0.330. The fourth-order valence-electron chi connectivity index (χ4n) is 1.26. The molecule has 2 N–H and O–H groups in total. The van der Waals surface area contributed by atoms with Crippen molar-refractivity contribution in [2.75, 3.05) is 46.1 Å². The van der Waals surface area contributed by atoms with E-state index < -0.39 is 0 Å². The lowest BCUT2D eigenvalue weighted by Gasteiger charge is -2.27. The molecule has 1 rings (SSSR count). The molecule has 0 unspecified atom stereocenters. The highest BCUT2D eigenvalue weighted by Gasteiger charge is 2.11. The second-order valence-corrected chi connectivity index (χ2v) is 3.04. The van der Waals surface area contributed by atoms with Gasteiger partial charge >= 0.3 is 0 Å². The summed E-state index contributed by atoms with van der Waals surface area (Å²) in [6.45, 7) is 7.12. The standard InChI is InChI=1S/C9H19N3O2/c1-2-13-6-3-11-9(10)12-4-7-14-8-5-12/h2-8H2,1H3,(H2,10,11). The van der Waals surface area contributed by atoms with Gasteiger partial charge in [-0.3, -0.25) is 4.99 Å². The summed E-state index contributed by atoms with van der Waals surface area (Å²) in [5.74, 6) is 0.605. The van der Waals surface area contributed by atoms with Crippen molar-refractivity contribution in [3.8, 4) is 0 Å². The van der Waals surface area contributed by atoms with Crippen LogP contribution in [0.5, 0.6) is 0 Å². The lowest BCUT2D eigenvalue weighted by molar-refractivity contribution is 0.0673. The van der Waals surface area contributed by atoms with Gasteiger partial charge in [-0.2, -0.15) is 0 Å². The summed E-state index contributed by atoms with van der Waals surface area (Å²) in [4.78, 5) is 6.26. The highest BCUT2D eigenvalue weighted by atomic mass is 16.5. The molecule has 0 aromatic rings. The second kappa shape index (κ2) is 6.62. The SMILES string of the molecule is CCOCCN=C(N)N1CCOCC1. The first-order chi connectivity index (χ1) is 6.84. The third-order valence-electron chi connectivity index (χ3n) is 2.05. The number of hydrogen-bond donors (Lipinski definition) is 1. The fourth-order valence-corrected chi connectivity index (χ4v) is 1.26. The van der Waals surface area contributed by atoms with E-state index in [0.717, 1.165) is 32.9 Å². The van der Waals surface area contributed by atoms with E-state index in [1.807, 2.05) is 11.8 Å². The summed E-state index contributed by atoms with van der Waals surface area (Å²) < 4.78 is 10.4. The van der Waals surface area contributed by atoms with Crippen LogP contribution in [0.3, 0.4) is 0 Å². The molecule has 1 aliphatic rings. The summed E-state index contributed by atoms with van der Waals surface area (Å²) in [7, 11) is 0. The zero-order chi connectivity index (χ0) is 10.2. The van der Waals surface area contributed by atoms with Gasteiger partial charge in [0, 0.05) is 19.7 Å². The second-order valence-electron chi connectivity index (χ2n) is 3.04. The zero-order valence-corrected chi connectivity index (χ0v) is 8.74. The monoisotopic (exact) mass is 201 g/mol. The summed E-state index contributed by atoms with van der Waals surface area (Å²) >= 11 is 0. The number of nitrogens with zero attached hydrogens (tertiary/aromatic N) is 2. The van der Waals surface area contributed by atoms with Crippen LogP contribution in [0.4, 0.5) is 0 Å². The number of morpholine rings is 1. The van der Waals surface area contributed by atoms with Gasteiger partial charge in [0.05, 0.1) is 26.4 Å². The van der Waals surface area contributed by atoms with Crippen LogP contribution in [-0.4, -0.2) is 56.9 Å². The van der Waals surface area contributed by atoms with E-state index in [0.29, 0.717) is 19.1 Å². The Morgan fingerprint density at radius 1 is 1.50 bits per heavy atom. The summed E-state index contributed by atoms with van der Waals surface area (Å²) in [6, 6.07) is 0. The van der Waals surface area contributed by atoms with Crippen LogP contribution in [0.1, 0.15) is 6.92 Å². The Kier molecular flexibility index (Phi) is 5.32. The molecule has 1 saturated heterocycles. The van der Waals surface area contributed by atoms with E-state index in [1.54, 1.807) is 0 Å². The van der Waals surface area contributed by atoms with Gasteiger partial charge < -0.3 is 20.1 Å². The fraction of sp³-hybridized carbons (Fsp3) is 0.889. The maximum absolute atomic E-state index is 5.80.